The third kappa shape index (κ3) is 11.1. The molecule has 0 N–H and O–H groups in total. The molecule has 0 aromatic carbocycles. The molecule has 1 unspecified atom stereocenters. The topological polar surface area (TPSA) is 0 Å². The van der Waals surface area contributed by atoms with Crippen LogP contribution in [-0.4, -0.2) is 10.5 Å². The highest BCUT2D eigenvalue weighted by molar-refractivity contribution is 8.77. The first kappa shape index (κ1) is 19.7. The van der Waals surface area contributed by atoms with Gasteiger partial charge in [-0.05, 0) is 25.2 Å². The second kappa shape index (κ2) is 13.7. The number of rotatable bonds is 13. The standard InChI is InChI=1S/C17H36S2/c1-6-9-11-12-14-16(13-10-7-2)17(8-3)19-18-15(4)5/h15-17H,6-14H2,1-5H3/t16?,17-/m0/s1. The summed E-state index contributed by atoms with van der Waals surface area (Å²) in [5.74, 6) is 0.957. The average Bonchev–Trinajstić information content (AvgIpc) is 2.39. The van der Waals surface area contributed by atoms with Crippen molar-refractivity contribution < 1.29 is 0 Å². The maximum atomic E-state index is 2.38. The van der Waals surface area contributed by atoms with E-state index >= 15 is 0 Å². The lowest BCUT2D eigenvalue weighted by Gasteiger charge is -2.26. The van der Waals surface area contributed by atoms with Gasteiger partial charge in [-0.25, -0.2) is 0 Å². The Morgan fingerprint density at radius 2 is 1.37 bits per heavy atom. The molecule has 0 rings (SSSR count). The van der Waals surface area contributed by atoms with Crippen LogP contribution in [0.3, 0.4) is 0 Å². The number of hydrogen-bond donors (Lipinski definition) is 0. The number of hydrogen-bond acceptors (Lipinski definition) is 2. The molecule has 0 spiro atoms. The molecule has 0 aliphatic heterocycles. The highest BCUT2D eigenvalue weighted by Crippen LogP contribution is 2.39. The van der Waals surface area contributed by atoms with Gasteiger partial charge in [0.1, 0.15) is 0 Å². The quantitative estimate of drug-likeness (QED) is 0.258. The molecule has 19 heavy (non-hydrogen) atoms. The molecule has 2 heteroatoms. The van der Waals surface area contributed by atoms with Crippen LogP contribution in [0.15, 0.2) is 0 Å². The SMILES string of the molecule is CCCCCCC(CCCC)[C@H](CC)SSC(C)C. The molecular formula is C17H36S2. The second-order valence-electron chi connectivity index (χ2n) is 5.94. The molecule has 2 atom stereocenters. The first-order valence-corrected chi connectivity index (χ1v) is 10.7. The molecule has 0 aromatic rings. The first-order valence-electron chi connectivity index (χ1n) is 8.47. The van der Waals surface area contributed by atoms with E-state index in [0.29, 0.717) is 0 Å². The Bertz CT molecular complexity index is 180. The van der Waals surface area contributed by atoms with Gasteiger partial charge in [0, 0.05) is 10.5 Å². The van der Waals surface area contributed by atoms with Crippen LogP contribution in [0, 0.1) is 5.92 Å². The van der Waals surface area contributed by atoms with E-state index in [4.69, 9.17) is 0 Å². The van der Waals surface area contributed by atoms with Gasteiger partial charge in [0.25, 0.3) is 0 Å². The molecule has 0 bridgehead atoms. The van der Waals surface area contributed by atoms with E-state index in [1.165, 1.54) is 57.8 Å². The molecule has 0 aromatic heterocycles. The van der Waals surface area contributed by atoms with Gasteiger partial charge < -0.3 is 0 Å². The largest absolute Gasteiger partial charge is 0.0910 e. The van der Waals surface area contributed by atoms with Crippen molar-refractivity contribution in [3.8, 4) is 0 Å². The lowest BCUT2D eigenvalue weighted by atomic mass is 9.91. The molecule has 0 saturated heterocycles. The van der Waals surface area contributed by atoms with Gasteiger partial charge in [0.2, 0.25) is 0 Å². The molecule has 0 aliphatic rings. The molecule has 0 nitrogen and oxygen atoms in total. The van der Waals surface area contributed by atoms with Crippen molar-refractivity contribution in [1.29, 1.82) is 0 Å². The van der Waals surface area contributed by atoms with E-state index in [0.717, 1.165) is 16.4 Å². The highest BCUT2D eigenvalue weighted by Gasteiger charge is 2.20. The minimum Gasteiger partial charge on any atom is -0.0910 e. The van der Waals surface area contributed by atoms with E-state index in [1.807, 2.05) is 0 Å². The molecule has 0 heterocycles. The summed E-state index contributed by atoms with van der Waals surface area (Å²) in [4.78, 5) is 0. The normalized spacial score (nSPS) is 14.8. The van der Waals surface area contributed by atoms with Gasteiger partial charge in [-0.1, -0.05) is 94.7 Å². The average molecular weight is 305 g/mol. The molecule has 0 radical (unpaired) electrons. The molecule has 0 amide bonds. The van der Waals surface area contributed by atoms with Crippen molar-refractivity contribution >= 4 is 21.6 Å². The van der Waals surface area contributed by atoms with Crippen LogP contribution in [0.1, 0.15) is 92.4 Å². The zero-order chi connectivity index (χ0) is 14.5. The fraction of sp³-hybridized carbons (Fsp3) is 1.00. The summed E-state index contributed by atoms with van der Waals surface area (Å²) >= 11 is 0. The van der Waals surface area contributed by atoms with Gasteiger partial charge in [-0.15, -0.1) is 0 Å². The summed E-state index contributed by atoms with van der Waals surface area (Å²) in [6, 6.07) is 0. The van der Waals surface area contributed by atoms with Crippen molar-refractivity contribution in [2.24, 2.45) is 5.92 Å². The third-order valence-corrected chi connectivity index (χ3v) is 7.35. The second-order valence-corrected chi connectivity index (χ2v) is 9.03. The summed E-state index contributed by atoms with van der Waals surface area (Å²) in [5, 5.41) is 1.63. The van der Waals surface area contributed by atoms with Crippen LogP contribution in [-0.2, 0) is 0 Å². The summed E-state index contributed by atoms with van der Waals surface area (Å²) in [6.45, 7) is 11.6. The zero-order valence-corrected chi connectivity index (χ0v) is 15.5. The fourth-order valence-corrected chi connectivity index (χ4v) is 5.38. The molecule has 0 saturated carbocycles. The van der Waals surface area contributed by atoms with Crippen LogP contribution in [0.2, 0.25) is 0 Å². The van der Waals surface area contributed by atoms with Crippen LogP contribution in [0.5, 0.6) is 0 Å². The van der Waals surface area contributed by atoms with Crippen LogP contribution in [0.4, 0.5) is 0 Å². The molecule has 0 fully saturated rings. The first-order chi connectivity index (χ1) is 9.15. The van der Waals surface area contributed by atoms with Gasteiger partial charge in [-0.3, -0.25) is 0 Å². The summed E-state index contributed by atoms with van der Waals surface area (Å²) in [7, 11) is 4.25. The minimum atomic E-state index is 0.756. The molecule has 0 aliphatic carbocycles. The van der Waals surface area contributed by atoms with Crippen molar-refractivity contribution in [2.75, 3.05) is 0 Å². The Morgan fingerprint density at radius 3 is 1.89 bits per heavy atom. The summed E-state index contributed by atoms with van der Waals surface area (Å²) < 4.78 is 0. The highest BCUT2D eigenvalue weighted by atomic mass is 33.1. The maximum absolute atomic E-state index is 2.38. The Labute approximate surface area is 130 Å². The van der Waals surface area contributed by atoms with E-state index < -0.39 is 0 Å². The van der Waals surface area contributed by atoms with Crippen LogP contribution < -0.4 is 0 Å². The third-order valence-electron chi connectivity index (χ3n) is 3.66. The van der Waals surface area contributed by atoms with Crippen LogP contribution >= 0.6 is 21.6 Å². The van der Waals surface area contributed by atoms with Crippen LogP contribution in [0.25, 0.3) is 0 Å². The van der Waals surface area contributed by atoms with Gasteiger partial charge in [0.15, 0.2) is 0 Å². The Balaban J connectivity index is 4.16. The lowest BCUT2D eigenvalue weighted by Crippen LogP contribution is -2.16. The fourth-order valence-electron chi connectivity index (χ4n) is 2.48. The maximum Gasteiger partial charge on any atom is 0.0177 e. The molecule has 116 valence electrons. The van der Waals surface area contributed by atoms with Crippen molar-refractivity contribution in [3.05, 3.63) is 0 Å². The Hall–Kier alpha value is 0.700. The monoisotopic (exact) mass is 304 g/mol. The zero-order valence-electron chi connectivity index (χ0n) is 13.9. The Kier molecular flexibility index (Phi) is 14.2. The minimum absolute atomic E-state index is 0.756. The lowest BCUT2D eigenvalue weighted by molar-refractivity contribution is 0.395. The van der Waals surface area contributed by atoms with E-state index in [9.17, 15) is 0 Å². The van der Waals surface area contributed by atoms with E-state index in [1.54, 1.807) is 0 Å². The van der Waals surface area contributed by atoms with E-state index in [-0.39, 0.29) is 0 Å². The van der Waals surface area contributed by atoms with Gasteiger partial charge in [0.05, 0.1) is 0 Å². The van der Waals surface area contributed by atoms with Gasteiger partial charge in [-0.2, -0.15) is 0 Å². The van der Waals surface area contributed by atoms with Gasteiger partial charge >= 0.3 is 0 Å². The predicted molar refractivity (Wildman–Crippen MR) is 96.2 cm³/mol. The van der Waals surface area contributed by atoms with Crippen molar-refractivity contribution in [3.63, 3.8) is 0 Å². The summed E-state index contributed by atoms with van der Waals surface area (Å²) in [5.41, 5.74) is 0. The number of unbranched alkanes of at least 4 members (excludes halogenated alkanes) is 4. The molecular weight excluding hydrogens is 268 g/mol. The Morgan fingerprint density at radius 1 is 0.737 bits per heavy atom. The van der Waals surface area contributed by atoms with Crippen molar-refractivity contribution in [2.45, 2.75) is 103 Å². The van der Waals surface area contributed by atoms with Crippen molar-refractivity contribution in [1.82, 2.24) is 0 Å². The summed E-state index contributed by atoms with van der Waals surface area (Å²) in [6.07, 6.45) is 12.7. The smallest absolute Gasteiger partial charge is 0.0177 e. The predicted octanol–water partition coefficient (Wildman–Crippen LogP) is 7.33. The van der Waals surface area contributed by atoms with E-state index in [2.05, 4.69) is 56.2 Å².